The van der Waals surface area contributed by atoms with Gasteiger partial charge in [0.2, 0.25) is 5.95 Å². The molecule has 1 aromatic heterocycles. The summed E-state index contributed by atoms with van der Waals surface area (Å²) in [7, 11) is 0. The Bertz CT molecular complexity index is 784. The van der Waals surface area contributed by atoms with Crippen molar-refractivity contribution < 1.29 is 0 Å². The fraction of sp³-hybridized carbons (Fsp3) is 0.158. The van der Waals surface area contributed by atoms with Crippen LogP contribution in [0.25, 0.3) is 0 Å². The number of benzene rings is 2. The van der Waals surface area contributed by atoms with Gasteiger partial charge in [-0.15, -0.1) is 0 Å². The molecule has 0 saturated heterocycles. The van der Waals surface area contributed by atoms with Crippen LogP contribution in [0.2, 0.25) is 0 Å². The second kappa shape index (κ2) is 6.92. The van der Waals surface area contributed by atoms with Crippen LogP contribution in [0.3, 0.4) is 0 Å². The van der Waals surface area contributed by atoms with Crippen LogP contribution in [-0.4, -0.2) is 9.97 Å². The Kier molecular flexibility index (Phi) is 4.52. The normalized spacial score (nSPS) is 10.3. The summed E-state index contributed by atoms with van der Waals surface area (Å²) in [5.74, 6) is 1.38. The summed E-state index contributed by atoms with van der Waals surface area (Å²) in [6, 6.07) is 20.2. The number of aryl methyl sites for hydroxylation is 2. The van der Waals surface area contributed by atoms with E-state index in [0.29, 0.717) is 5.95 Å². The van der Waals surface area contributed by atoms with Gasteiger partial charge in [0.25, 0.3) is 0 Å². The van der Waals surface area contributed by atoms with Gasteiger partial charge in [0, 0.05) is 23.1 Å². The van der Waals surface area contributed by atoms with Crippen molar-refractivity contribution in [1.29, 1.82) is 0 Å². The van der Waals surface area contributed by atoms with E-state index >= 15 is 0 Å². The van der Waals surface area contributed by atoms with Gasteiger partial charge in [0.1, 0.15) is 5.82 Å². The highest BCUT2D eigenvalue weighted by atomic mass is 15.1. The number of nitrogens with zero attached hydrogens (tertiary/aromatic N) is 2. The van der Waals surface area contributed by atoms with Gasteiger partial charge >= 0.3 is 0 Å². The largest absolute Gasteiger partial charge is 0.340 e. The first-order valence-corrected chi connectivity index (χ1v) is 7.77. The summed E-state index contributed by atoms with van der Waals surface area (Å²) in [6.07, 6.45) is 0.962. The highest BCUT2D eigenvalue weighted by molar-refractivity contribution is 5.62. The fourth-order valence-corrected chi connectivity index (χ4v) is 2.43. The minimum absolute atomic E-state index is 0.601. The molecule has 4 heteroatoms. The minimum atomic E-state index is 0.601. The molecule has 0 unspecified atom stereocenters. The maximum Gasteiger partial charge on any atom is 0.229 e. The van der Waals surface area contributed by atoms with Crippen LogP contribution < -0.4 is 10.6 Å². The van der Waals surface area contributed by atoms with Crippen molar-refractivity contribution in [2.45, 2.75) is 20.3 Å². The van der Waals surface area contributed by atoms with E-state index in [2.05, 4.69) is 39.7 Å². The van der Waals surface area contributed by atoms with E-state index in [-0.39, 0.29) is 0 Å². The lowest BCUT2D eigenvalue weighted by molar-refractivity contribution is 1.09. The zero-order valence-electron chi connectivity index (χ0n) is 13.4. The first kappa shape index (κ1) is 15.0. The number of nitrogens with one attached hydrogen (secondary N) is 2. The number of rotatable bonds is 5. The SMILES string of the molecule is CCc1ccccc1Nc1nc(C)cc(Nc2ccccc2)n1. The highest BCUT2D eigenvalue weighted by Gasteiger charge is 2.05. The molecule has 0 spiro atoms. The van der Waals surface area contributed by atoms with Crippen LogP contribution in [-0.2, 0) is 6.42 Å². The molecule has 2 aromatic carbocycles. The van der Waals surface area contributed by atoms with Gasteiger partial charge in [-0.3, -0.25) is 0 Å². The minimum Gasteiger partial charge on any atom is -0.340 e. The third-order valence-corrected chi connectivity index (χ3v) is 3.55. The lowest BCUT2D eigenvalue weighted by Crippen LogP contribution is -2.03. The predicted molar refractivity (Wildman–Crippen MR) is 95.6 cm³/mol. The molecule has 23 heavy (non-hydrogen) atoms. The monoisotopic (exact) mass is 304 g/mol. The van der Waals surface area contributed by atoms with E-state index in [1.807, 2.05) is 55.5 Å². The van der Waals surface area contributed by atoms with E-state index in [1.165, 1.54) is 5.56 Å². The topological polar surface area (TPSA) is 49.8 Å². The van der Waals surface area contributed by atoms with Crippen molar-refractivity contribution in [2.24, 2.45) is 0 Å². The van der Waals surface area contributed by atoms with Crippen molar-refractivity contribution in [2.75, 3.05) is 10.6 Å². The van der Waals surface area contributed by atoms with E-state index in [4.69, 9.17) is 0 Å². The lowest BCUT2D eigenvalue weighted by Gasteiger charge is -2.12. The summed E-state index contributed by atoms with van der Waals surface area (Å²) in [5.41, 5.74) is 4.21. The number of hydrogen-bond donors (Lipinski definition) is 2. The Morgan fingerprint density at radius 3 is 2.39 bits per heavy atom. The van der Waals surface area contributed by atoms with Gasteiger partial charge in [-0.2, -0.15) is 4.98 Å². The maximum atomic E-state index is 4.57. The average Bonchev–Trinajstić information content (AvgIpc) is 2.56. The Hall–Kier alpha value is -2.88. The molecule has 0 aliphatic carbocycles. The maximum absolute atomic E-state index is 4.57. The standard InChI is InChI=1S/C19H20N4/c1-3-15-9-7-8-12-17(15)22-19-20-14(2)13-18(23-19)21-16-10-5-4-6-11-16/h4-13H,3H2,1-2H3,(H2,20,21,22,23). The zero-order valence-corrected chi connectivity index (χ0v) is 13.4. The molecule has 2 N–H and O–H groups in total. The molecule has 0 saturated carbocycles. The van der Waals surface area contributed by atoms with Crippen LogP contribution >= 0.6 is 0 Å². The third-order valence-electron chi connectivity index (χ3n) is 3.55. The summed E-state index contributed by atoms with van der Waals surface area (Å²) >= 11 is 0. The van der Waals surface area contributed by atoms with Gasteiger partial charge < -0.3 is 10.6 Å². The molecule has 4 nitrogen and oxygen atoms in total. The van der Waals surface area contributed by atoms with E-state index in [1.54, 1.807) is 0 Å². The van der Waals surface area contributed by atoms with Gasteiger partial charge in [-0.1, -0.05) is 43.3 Å². The van der Waals surface area contributed by atoms with E-state index < -0.39 is 0 Å². The lowest BCUT2D eigenvalue weighted by atomic mass is 10.1. The van der Waals surface area contributed by atoms with Gasteiger partial charge in [-0.25, -0.2) is 4.98 Å². The van der Waals surface area contributed by atoms with Crippen molar-refractivity contribution in [3.8, 4) is 0 Å². The first-order valence-electron chi connectivity index (χ1n) is 7.77. The third kappa shape index (κ3) is 3.86. The van der Waals surface area contributed by atoms with Crippen molar-refractivity contribution in [3.63, 3.8) is 0 Å². The Labute approximate surface area is 136 Å². The first-order chi connectivity index (χ1) is 11.2. The summed E-state index contributed by atoms with van der Waals surface area (Å²) in [5, 5.41) is 6.64. The summed E-state index contributed by atoms with van der Waals surface area (Å²) < 4.78 is 0. The van der Waals surface area contributed by atoms with Gasteiger partial charge in [-0.05, 0) is 37.1 Å². The number of aromatic nitrogens is 2. The molecule has 0 aliphatic heterocycles. The molecule has 0 bridgehead atoms. The quantitative estimate of drug-likeness (QED) is 0.708. The van der Waals surface area contributed by atoms with Crippen LogP contribution in [0.4, 0.5) is 23.1 Å². The van der Waals surface area contributed by atoms with Crippen LogP contribution in [0, 0.1) is 6.92 Å². The number of hydrogen-bond acceptors (Lipinski definition) is 4. The molecule has 3 rings (SSSR count). The fourth-order valence-electron chi connectivity index (χ4n) is 2.43. The number of para-hydroxylation sites is 2. The molecular formula is C19H20N4. The van der Waals surface area contributed by atoms with Crippen molar-refractivity contribution >= 4 is 23.1 Å². The van der Waals surface area contributed by atoms with Crippen molar-refractivity contribution in [1.82, 2.24) is 9.97 Å². The molecular weight excluding hydrogens is 284 g/mol. The predicted octanol–water partition coefficient (Wildman–Crippen LogP) is 4.83. The molecule has 1 heterocycles. The van der Waals surface area contributed by atoms with Crippen molar-refractivity contribution in [3.05, 3.63) is 71.9 Å². The highest BCUT2D eigenvalue weighted by Crippen LogP contribution is 2.21. The van der Waals surface area contributed by atoms with Crippen LogP contribution in [0.15, 0.2) is 60.7 Å². The molecule has 0 atom stereocenters. The second-order valence-electron chi connectivity index (χ2n) is 5.34. The van der Waals surface area contributed by atoms with Crippen LogP contribution in [0.1, 0.15) is 18.2 Å². The molecule has 0 aliphatic rings. The smallest absolute Gasteiger partial charge is 0.229 e. The van der Waals surface area contributed by atoms with E-state index in [9.17, 15) is 0 Å². The summed E-state index contributed by atoms with van der Waals surface area (Å²) in [6.45, 7) is 4.11. The Morgan fingerprint density at radius 1 is 0.870 bits per heavy atom. The zero-order chi connectivity index (χ0) is 16.1. The van der Waals surface area contributed by atoms with Gasteiger partial charge in [0.05, 0.1) is 0 Å². The Balaban J connectivity index is 1.86. The molecule has 116 valence electrons. The Morgan fingerprint density at radius 2 is 1.61 bits per heavy atom. The number of anilines is 4. The van der Waals surface area contributed by atoms with E-state index in [0.717, 1.165) is 29.3 Å². The average molecular weight is 304 g/mol. The molecule has 0 amide bonds. The van der Waals surface area contributed by atoms with Gasteiger partial charge in [0.15, 0.2) is 0 Å². The summed E-state index contributed by atoms with van der Waals surface area (Å²) in [4.78, 5) is 9.05. The molecule has 0 fully saturated rings. The molecule has 0 radical (unpaired) electrons. The molecule has 3 aromatic rings. The second-order valence-corrected chi connectivity index (χ2v) is 5.34. The van der Waals surface area contributed by atoms with Crippen LogP contribution in [0.5, 0.6) is 0 Å².